The van der Waals surface area contributed by atoms with Gasteiger partial charge in [0.1, 0.15) is 4.99 Å². The number of hydrogen-bond donors (Lipinski definition) is 2. The Kier molecular flexibility index (Phi) is 3.97. The minimum Gasteiger partial charge on any atom is -0.389 e. The van der Waals surface area contributed by atoms with E-state index in [4.69, 9.17) is 17.3 Å². The maximum Gasteiger partial charge on any atom is 0.182 e. The second kappa shape index (κ2) is 5.50. The highest BCUT2D eigenvalue weighted by Crippen LogP contribution is 2.25. The Morgan fingerprint density at radius 3 is 2.26 bits per heavy atom. The molecule has 0 saturated heterocycles. The first-order valence-electron chi connectivity index (χ1n) is 5.29. The Balaban J connectivity index is 2.34. The van der Waals surface area contributed by atoms with Crippen molar-refractivity contribution in [3.05, 3.63) is 58.6 Å². The molecule has 0 fully saturated rings. The van der Waals surface area contributed by atoms with Crippen LogP contribution in [0, 0.1) is 11.6 Å². The summed E-state index contributed by atoms with van der Waals surface area (Å²) < 4.78 is 27.5. The average Bonchev–Trinajstić information content (AvgIpc) is 2.37. The average molecular weight is 299 g/mol. The predicted molar refractivity (Wildman–Crippen MR) is 77.0 cm³/mol. The molecule has 0 aliphatic carbocycles. The first kappa shape index (κ1) is 13.7. The van der Waals surface area contributed by atoms with Crippen molar-refractivity contribution in [3.8, 4) is 0 Å². The van der Waals surface area contributed by atoms with Crippen LogP contribution < -0.4 is 11.1 Å². The third-order valence-corrected chi connectivity index (χ3v) is 2.94. The molecule has 2 aromatic rings. The van der Waals surface area contributed by atoms with Crippen molar-refractivity contribution in [3.63, 3.8) is 0 Å². The van der Waals surface area contributed by atoms with Crippen LogP contribution in [0.3, 0.4) is 0 Å². The molecule has 0 aliphatic rings. The quantitative estimate of drug-likeness (QED) is 0.841. The van der Waals surface area contributed by atoms with Gasteiger partial charge >= 0.3 is 0 Å². The number of hydrogen-bond acceptors (Lipinski definition) is 2. The molecule has 0 radical (unpaired) electrons. The molecule has 0 atom stereocenters. The molecule has 0 saturated carbocycles. The van der Waals surface area contributed by atoms with Crippen LogP contribution in [0.4, 0.5) is 20.2 Å². The maximum absolute atomic E-state index is 13.8. The Hall–Kier alpha value is -1.72. The van der Waals surface area contributed by atoms with Crippen LogP contribution >= 0.6 is 23.8 Å². The maximum atomic E-state index is 13.8. The van der Waals surface area contributed by atoms with Crippen molar-refractivity contribution < 1.29 is 8.78 Å². The van der Waals surface area contributed by atoms with E-state index in [1.165, 1.54) is 12.1 Å². The number of nitrogens with one attached hydrogen (secondary N) is 1. The summed E-state index contributed by atoms with van der Waals surface area (Å²) in [5, 5.41) is 3.31. The lowest BCUT2D eigenvalue weighted by molar-refractivity contribution is 0.510. The molecular weight excluding hydrogens is 290 g/mol. The lowest BCUT2D eigenvalue weighted by Gasteiger charge is -2.10. The highest BCUT2D eigenvalue weighted by atomic mass is 35.5. The van der Waals surface area contributed by atoms with Crippen LogP contribution in [0.1, 0.15) is 5.56 Å². The highest BCUT2D eigenvalue weighted by molar-refractivity contribution is 7.80. The zero-order valence-electron chi connectivity index (χ0n) is 9.58. The molecule has 0 spiro atoms. The van der Waals surface area contributed by atoms with Gasteiger partial charge in [0.05, 0.1) is 5.69 Å². The summed E-state index contributed by atoms with van der Waals surface area (Å²) >= 11 is 10.4. The third-order valence-electron chi connectivity index (χ3n) is 2.47. The summed E-state index contributed by atoms with van der Waals surface area (Å²) in [6, 6.07) is 9.30. The molecule has 3 N–H and O–H groups in total. The monoisotopic (exact) mass is 298 g/mol. The largest absolute Gasteiger partial charge is 0.389 e. The lowest BCUT2D eigenvalue weighted by Crippen LogP contribution is -2.13. The van der Waals surface area contributed by atoms with Gasteiger partial charge in [-0.2, -0.15) is 0 Å². The van der Waals surface area contributed by atoms with Gasteiger partial charge < -0.3 is 11.1 Å². The van der Waals surface area contributed by atoms with Crippen LogP contribution in [-0.2, 0) is 0 Å². The third kappa shape index (κ3) is 3.00. The summed E-state index contributed by atoms with van der Waals surface area (Å²) in [7, 11) is 0. The summed E-state index contributed by atoms with van der Waals surface area (Å²) in [5.41, 5.74) is 5.76. The van der Waals surface area contributed by atoms with E-state index in [2.05, 4.69) is 17.5 Å². The van der Waals surface area contributed by atoms with Crippen molar-refractivity contribution in [2.45, 2.75) is 0 Å². The van der Waals surface area contributed by atoms with Crippen LogP contribution in [0.5, 0.6) is 0 Å². The fourth-order valence-corrected chi connectivity index (χ4v) is 1.81. The topological polar surface area (TPSA) is 38.0 Å². The van der Waals surface area contributed by atoms with E-state index < -0.39 is 11.6 Å². The van der Waals surface area contributed by atoms with Gasteiger partial charge in [0, 0.05) is 16.3 Å². The van der Waals surface area contributed by atoms with E-state index in [1.54, 1.807) is 24.3 Å². The number of halogens is 3. The molecule has 2 nitrogen and oxygen atoms in total. The normalized spacial score (nSPS) is 10.3. The summed E-state index contributed by atoms with van der Waals surface area (Å²) in [6.07, 6.45) is 0. The Morgan fingerprint density at radius 1 is 1.05 bits per heavy atom. The SMILES string of the molecule is NC(=S)c1ccc(Nc2ccc(Cl)cc2)c(F)c1F. The molecule has 0 amide bonds. The van der Waals surface area contributed by atoms with Gasteiger partial charge in [-0.3, -0.25) is 0 Å². The number of thiocarbonyl (C=S) groups is 1. The first-order valence-corrected chi connectivity index (χ1v) is 6.08. The van der Waals surface area contributed by atoms with Gasteiger partial charge in [0.25, 0.3) is 0 Å². The Labute approximate surface area is 119 Å². The van der Waals surface area contributed by atoms with Crippen LogP contribution in [0.2, 0.25) is 5.02 Å². The van der Waals surface area contributed by atoms with Crippen molar-refractivity contribution >= 4 is 40.2 Å². The van der Waals surface area contributed by atoms with E-state index in [0.717, 1.165) is 0 Å². The zero-order chi connectivity index (χ0) is 14.0. The molecule has 2 rings (SSSR count). The standard InChI is InChI=1S/C13H9ClF2N2S/c14-7-1-3-8(4-2-7)18-10-6-5-9(13(17)19)11(15)12(10)16/h1-6,18H,(H2,17,19). The zero-order valence-corrected chi connectivity index (χ0v) is 11.2. The lowest BCUT2D eigenvalue weighted by atomic mass is 10.1. The van der Waals surface area contributed by atoms with Gasteiger partial charge in [-0.25, -0.2) is 8.78 Å². The van der Waals surface area contributed by atoms with Crippen LogP contribution in [0.15, 0.2) is 36.4 Å². The second-order valence-electron chi connectivity index (χ2n) is 3.78. The van der Waals surface area contributed by atoms with Crippen molar-refractivity contribution in [1.29, 1.82) is 0 Å². The van der Waals surface area contributed by atoms with Crippen LogP contribution in [0.25, 0.3) is 0 Å². The van der Waals surface area contributed by atoms with E-state index in [9.17, 15) is 8.78 Å². The number of nitrogens with two attached hydrogens (primary N) is 1. The van der Waals surface area contributed by atoms with Gasteiger partial charge in [0.2, 0.25) is 0 Å². The number of benzene rings is 2. The van der Waals surface area contributed by atoms with E-state index in [1.807, 2.05) is 0 Å². The molecule has 0 unspecified atom stereocenters. The van der Waals surface area contributed by atoms with Crippen molar-refractivity contribution in [2.75, 3.05) is 5.32 Å². The summed E-state index contributed by atoms with van der Waals surface area (Å²) in [5.74, 6) is -2.09. The molecular formula is C13H9ClF2N2S. The van der Waals surface area contributed by atoms with Gasteiger partial charge in [-0.1, -0.05) is 23.8 Å². The van der Waals surface area contributed by atoms with E-state index in [0.29, 0.717) is 10.7 Å². The fraction of sp³-hybridized carbons (Fsp3) is 0. The van der Waals surface area contributed by atoms with E-state index in [-0.39, 0.29) is 16.2 Å². The molecule has 0 heterocycles. The highest BCUT2D eigenvalue weighted by Gasteiger charge is 2.14. The molecule has 98 valence electrons. The smallest absolute Gasteiger partial charge is 0.182 e. The summed E-state index contributed by atoms with van der Waals surface area (Å²) in [6.45, 7) is 0. The van der Waals surface area contributed by atoms with Crippen molar-refractivity contribution in [1.82, 2.24) is 0 Å². The Bertz CT molecular complexity index is 629. The molecule has 0 aliphatic heterocycles. The predicted octanol–water partition coefficient (Wildman–Crippen LogP) is 4.00. The van der Waals surface area contributed by atoms with Gasteiger partial charge in [-0.05, 0) is 36.4 Å². The van der Waals surface area contributed by atoms with Gasteiger partial charge in [0.15, 0.2) is 11.6 Å². The Morgan fingerprint density at radius 2 is 1.68 bits per heavy atom. The number of anilines is 2. The molecule has 2 aromatic carbocycles. The van der Waals surface area contributed by atoms with Gasteiger partial charge in [-0.15, -0.1) is 0 Å². The molecule has 19 heavy (non-hydrogen) atoms. The van der Waals surface area contributed by atoms with Crippen LogP contribution in [-0.4, -0.2) is 4.99 Å². The fourth-order valence-electron chi connectivity index (χ4n) is 1.53. The number of rotatable bonds is 3. The molecule has 0 bridgehead atoms. The minimum atomic E-state index is -1.06. The summed E-state index contributed by atoms with van der Waals surface area (Å²) in [4.78, 5) is -0.186. The first-order chi connectivity index (χ1) is 8.99. The molecule has 0 aromatic heterocycles. The van der Waals surface area contributed by atoms with E-state index >= 15 is 0 Å². The molecule has 6 heteroatoms. The minimum absolute atomic E-state index is 0.000164. The second-order valence-corrected chi connectivity index (χ2v) is 4.66. The van der Waals surface area contributed by atoms with Crippen molar-refractivity contribution in [2.24, 2.45) is 5.73 Å².